The van der Waals surface area contributed by atoms with Crippen LogP contribution in [0.3, 0.4) is 0 Å². The number of carboxylic acids is 1. The van der Waals surface area contributed by atoms with E-state index >= 15 is 0 Å². The number of carbonyl (C=O) groups is 2. The van der Waals surface area contributed by atoms with Gasteiger partial charge in [0, 0.05) is 19.6 Å². The summed E-state index contributed by atoms with van der Waals surface area (Å²) >= 11 is 0. The molecule has 1 saturated carbocycles. The lowest BCUT2D eigenvalue weighted by Crippen LogP contribution is -2.37. The van der Waals surface area contributed by atoms with Crippen LogP contribution in [0.2, 0.25) is 0 Å². The van der Waals surface area contributed by atoms with Crippen LogP contribution in [0, 0.1) is 17.8 Å². The van der Waals surface area contributed by atoms with E-state index in [1.165, 1.54) is 0 Å². The van der Waals surface area contributed by atoms with Crippen LogP contribution in [0.25, 0.3) is 0 Å². The van der Waals surface area contributed by atoms with Crippen molar-refractivity contribution in [2.45, 2.75) is 32.6 Å². The first-order valence-electron chi connectivity index (χ1n) is 6.54. The average Bonchev–Trinajstić information content (AvgIpc) is 2.36. The van der Waals surface area contributed by atoms with Crippen LogP contribution < -0.4 is 5.32 Å². The largest absolute Gasteiger partial charge is 0.481 e. The summed E-state index contributed by atoms with van der Waals surface area (Å²) in [5.74, 6) is -0.657. The molecular formula is C13H23NO4. The number of ether oxygens (including phenoxy) is 1. The molecule has 0 bridgehead atoms. The van der Waals surface area contributed by atoms with E-state index in [-0.39, 0.29) is 17.7 Å². The molecule has 0 aromatic carbocycles. The molecule has 0 saturated heterocycles. The standard InChI is InChI=1S/C13H23NO4/c1-9(8-18-2)7-14-12(15)10-3-5-11(6-4-10)13(16)17/h9-11H,3-8H2,1-2H3,(H,14,15)(H,16,17). The maximum Gasteiger partial charge on any atom is 0.306 e. The van der Waals surface area contributed by atoms with Gasteiger partial charge in [-0.25, -0.2) is 0 Å². The molecule has 1 fully saturated rings. The van der Waals surface area contributed by atoms with Crippen molar-refractivity contribution in [3.63, 3.8) is 0 Å². The Bertz CT molecular complexity index is 285. The molecule has 104 valence electrons. The summed E-state index contributed by atoms with van der Waals surface area (Å²) in [6, 6.07) is 0. The van der Waals surface area contributed by atoms with Crippen molar-refractivity contribution >= 4 is 11.9 Å². The van der Waals surface area contributed by atoms with Crippen LogP contribution >= 0.6 is 0 Å². The first-order valence-corrected chi connectivity index (χ1v) is 6.54. The zero-order chi connectivity index (χ0) is 13.5. The molecule has 1 rings (SSSR count). The molecule has 2 N–H and O–H groups in total. The number of hydrogen-bond donors (Lipinski definition) is 2. The Morgan fingerprint density at radius 3 is 2.33 bits per heavy atom. The Morgan fingerprint density at radius 1 is 1.28 bits per heavy atom. The normalized spacial score (nSPS) is 25.4. The second kappa shape index (κ2) is 7.36. The molecule has 1 amide bonds. The highest BCUT2D eigenvalue weighted by Crippen LogP contribution is 2.28. The van der Waals surface area contributed by atoms with Crippen molar-refractivity contribution in [1.82, 2.24) is 5.32 Å². The van der Waals surface area contributed by atoms with Gasteiger partial charge in [0.15, 0.2) is 0 Å². The maximum atomic E-state index is 11.9. The molecule has 1 aliphatic carbocycles. The predicted molar refractivity (Wildman–Crippen MR) is 67.1 cm³/mol. The summed E-state index contributed by atoms with van der Waals surface area (Å²) in [7, 11) is 1.64. The van der Waals surface area contributed by atoms with Gasteiger partial charge in [0.1, 0.15) is 0 Å². The van der Waals surface area contributed by atoms with Gasteiger partial charge in [0.05, 0.1) is 12.5 Å². The highest BCUT2D eigenvalue weighted by molar-refractivity contribution is 5.79. The molecular weight excluding hydrogens is 234 g/mol. The monoisotopic (exact) mass is 257 g/mol. The van der Waals surface area contributed by atoms with Crippen LogP contribution in [0.1, 0.15) is 32.6 Å². The third kappa shape index (κ3) is 4.64. The lowest BCUT2D eigenvalue weighted by Gasteiger charge is -2.25. The van der Waals surface area contributed by atoms with Crippen molar-refractivity contribution in [2.75, 3.05) is 20.3 Å². The minimum absolute atomic E-state index is 0.0182. The molecule has 5 heteroatoms. The van der Waals surface area contributed by atoms with Crippen LogP contribution in [0.5, 0.6) is 0 Å². The Hall–Kier alpha value is -1.10. The summed E-state index contributed by atoms with van der Waals surface area (Å²) in [5, 5.41) is 11.8. The zero-order valence-electron chi connectivity index (χ0n) is 11.1. The fourth-order valence-corrected chi connectivity index (χ4v) is 2.37. The molecule has 0 aliphatic heterocycles. The second-order valence-electron chi connectivity index (χ2n) is 5.19. The van der Waals surface area contributed by atoms with Gasteiger partial charge in [-0.3, -0.25) is 9.59 Å². The Labute approximate surface area is 108 Å². The van der Waals surface area contributed by atoms with Crippen LogP contribution in [-0.2, 0) is 14.3 Å². The molecule has 0 radical (unpaired) electrons. The lowest BCUT2D eigenvalue weighted by molar-refractivity contribution is -0.144. The minimum Gasteiger partial charge on any atom is -0.481 e. The fraction of sp³-hybridized carbons (Fsp3) is 0.846. The van der Waals surface area contributed by atoms with E-state index in [2.05, 4.69) is 5.32 Å². The fourth-order valence-electron chi connectivity index (χ4n) is 2.37. The molecule has 1 unspecified atom stereocenters. The van der Waals surface area contributed by atoms with E-state index in [4.69, 9.17) is 9.84 Å². The summed E-state index contributed by atoms with van der Waals surface area (Å²) in [4.78, 5) is 22.7. The third-order valence-electron chi connectivity index (χ3n) is 3.52. The molecule has 1 atom stereocenters. The first kappa shape index (κ1) is 15.0. The van der Waals surface area contributed by atoms with E-state index in [1.54, 1.807) is 7.11 Å². The van der Waals surface area contributed by atoms with Crippen molar-refractivity contribution in [3.8, 4) is 0 Å². The molecule has 5 nitrogen and oxygen atoms in total. The quantitative estimate of drug-likeness (QED) is 0.751. The molecule has 0 aromatic heterocycles. The van der Waals surface area contributed by atoms with Gasteiger partial charge >= 0.3 is 5.97 Å². The van der Waals surface area contributed by atoms with E-state index in [0.29, 0.717) is 44.8 Å². The van der Waals surface area contributed by atoms with Gasteiger partial charge in [-0.1, -0.05) is 6.92 Å². The second-order valence-corrected chi connectivity index (χ2v) is 5.19. The van der Waals surface area contributed by atoms with Gasteiger partial charge in [0.2, 0.25) is 5.91 Å². The van der Waals surface area contributed by atoms with Crippen molar-refractivity contribution < 1.29 is 19.4 Å². The highest BCUT2D eigenvalue weighted by Gasteiger charge is 2.29. The number of rotatable bonds is 6. The topological polar surface area (TPSA) is 75.6 Å². The highest BCUT2D eigenvalue weighted by atomic mass is 16.5. The smallest absolute Gasteiger partial charge is 0.306 e. The molecule has 0 heterocycles. The zero-order valence-corrected chi connectivity index (χ0v) is 11.1. The van der Waals surface area contributed by atoms with E-state index < -0.39 is 5.97 Å². The van der Waals surface area contributed by atoms with Gasteiger partial charge < -0.3 is 15.2 Å². The molecule has 0 aromatic rings. The third-order valence-corrected chi connectivity index (χ3v) is 3.52. The molecule has 18 heavy (non-hydrogen) atoms. The Balaban J connectivity index is 2.25. The number of methoxy groups -OCH3 is 1. The summed E-state index contributed by atoms with van der Waals surface area (Å²) in [6.07, 6.45) is 2.59. The maximum absolute atomic E-state index is 11.9. The molecule has 1 aliphatic rings. The SMILES string of the molecule is COCC(C)CNC(=O)C1CCC(C(=O)O)CC1. The number of hydrogen-bond acceptors (Lipinski definition) is 3. The van der Waals surface area contributed by atoms with E-state index in [0.717, 1.165) is 0 Å². The average molecular weight is 257 g/mol. The van der Waals surface area contributed by atoms with Gasteiger partial charge in [-0.2, -0.15) is 0 Å². The van der Waals surface area contributed by atoms with Crippen molar-refractivity contribution in [1.29, 1.82) is 0 Å². The van der Waals surface area contributed by atoms with Gasteiger partial charge in [0.25, 0.3) is 0 Å². The van der Waals surface area contributed by atoms with Gasteiger partial charge in [-0.05, 0) is 31.6 Å². The summed E-state index contributed by atoms with van der Waals surface area (Å²) in [6.45, 7) is 3.27. The number of nitrogens with one attached hydrogen (secondary N) is 1. The van der Waals surface area contributed by atoms with Crippen LogP contribution in [0.15, 0.2) is 0 Å². The Morgan fingerprint density at radius 2 is 1.83 bits per heavy atom. The summed E-state index contributed by atoms with van der Waals surface area (Å²) < 4.78 is 5.01. The summed E-state index contributed by atoms with van der Waals surface area (Å²) in [5.41, 5.74) is 0. The van der Waals surface area contributed by atoms with Gasteiger partial charge in [-0.15, -0.1) is 0 Å². The number of carbonyl (C=O) groups excluding carboxylic acids is 1. The first-order chi connectivity index (χ1) is 8.54. The minimum atomic E-state index is -0.734. The van der Waals surface area contributed by atoms with E-state index in [9.17, 15) is 9.59 Å². The van der Waals surface area contributed by atoms with Crippen molar-refractivity contribution in [3.05, 3.63) is 0 Å². The Kier molecular flexibility index (Phi) is 6.12. The number of amides is 1. The number of carboxylic acid groups (broad SMARTS) is 1. The van der Waals surface area contributed by atoms with Crippen LogP contribution in [-0.4, -0.2) is 37.2 Å². The molecule has 0 spiro atoms. The lowest BCUT2D eigenvalue weighted by atomic mass is 9.81. The van der Waals surface area contributed by atoms with Crippen molar-refractivity contribution in [2.24, 2.45) is 17.8 Å². The predicted octanol–water partition coefficient (Wildman–Crippen LogP) is 1.28. The number of aliphatic carboxylic acids is 1. The van der Waals surface area contributed by atoms with E-state index in [1.807, 2.05) is 6.92 Å². The van der Waals surface area contributed by atoms with Crippen LogP contribution in [0.4, 0.5) is 0 Å².